The Morgan fingerprint density at radius 1 is 1.12 bits per heavy atom. The van der Waals surface area contributed by atoms with E-state index in [1.807, 2.05) is 35.9 Å². The van der Waals surface area contributed by atoms with E-state index in [1.54, 1.807) is 0 Å². The average molecular weight is 442 g/mol. The van der Waals surface area contributed by atoms with Gasteiger partial charge in [0.2, 0.25) is 0 Å². The molecule has 0 atom stereocenters. The van der Waals surface area contributed by atoms with Gasteiger partial charge in [0, 0.05) is 5.56 Å². The van der Waals surface area contributed by atoms with Crippen molar-refractivity contribution in [1.29, 1.82) is 5.26 Å². The van der Waals surface area contributed by atoms with Crippen LogP contribution in [0.15, 0.2) is 42.7 Å². The summed E-state index contributed by atoms with van der Waals surface area (Å²) in [6, 6.07) is 14.8. The van der Waals surface area contributed by atoms with Crippen LogP contribution in [-0.4, -0.2) is 51.4 Å². The van der Waals surface area contributed by atoms with Crippen molar-refractivity contribution in [1.82, 2.24) is 24.6 Å². The Labute approximate surface area is 192 Å². The molecule has 8 heteroatoms. The molecule has 1 fully saturated rings. The standard InChI is InChI=1S/C25H27N7O/c1-3-33-20-7-6-17-12-19(5-4-18(17)13-20)22-21-23(27)28-16-29-24(21)32(30-22)15-25(14-26)8-10-31(2)11-9-25/h4-7,12-13,16H,3,8-11,15H2,1-2H3,(H2,27,28,29). The molecule has 0 aliphatic carbocycles. The predicted octanol–water partition coefficient (Wildman–Crippen LogP) is 3.86. The van der Waals surface area contributed by atoms with Gasteiger partial charge >= 0.3 is 0 Å². The van der Waals surface area contributed by atoms with E-state index in [0.29, 0.717) is 24.6 Å². The highest BCUT2D eigenvalue weighted by atomic mass is 16.5. The summed E-state index contributed by atoms with van der Waals surface area (Å²) in [5.41, 5.74) is 8.16. The van der Waals surface area contributed by atoms with Crippen LogP contribution >= 0.6 is 0 Å². The maximum atomic E-state index is 10.0. The average Bonchev–Trinajstić information content (AvgIpc) is 3.20. The summed E-state index contributed by atoms with van der Waals surface area (Å²) < 4.78 is 7.47. The highest BCUT2D eigenvalue weighted by molar-refractivity contribution is 6.00. The zero-order valence-corrected chi connectivity index (χ0v) is 19.0. The number of anilines is 1. The molecule has 2 aromatic carbocycles. The predicted molar refractivity (Wildman–Crippen MR) is 129 cm³/mol. The van der Waals surface area contributed by atoms with Crippen molar-refractivity contribution in [3.05, 3.63) is 42.7 Å². The molecule has 0 radical (unpaired) electrons. The van der Waals surface area contributed by atoms with Gasteiger partial charge in [-0.15, -0.1) is 0 Å². The number of likely N-dealkylation sites (tertiary alicyclic amines) is 1. The lowest BCUT2D eigenvalue weighted by molar-refractivity contribution is 0.150. The first-order chi connectivity index (χ1) is 16.0. The molecule has 8 nitrogen and oxygen atoms in total. The fraction of sp³-hybridized carbons (Fsp3) is 0.360. The number of nitrogens with zero attached hydrogens (tertiary/aromatic N) is 6. The van der Waals surface area contributed by atoms with Crippen molar-refractivity contribution >= 4 is 27.6 Å². The summed E-state index contributed by atoms with van der Waals surface area (Å²) in [6.07, 6.45) is 3.06. The maximum absolute atomic E-state index is 10.0. The Morgan fingerprint density at radius 3 is 2.64 bits per heavy atom. The molecule has 1 aliphatic rings. The highest BCUT2D eigenvalue weighted by Crippen LogP contribution is 2.36. The topological polar surface area (TPSA) is 106 Å². The fourth-order valence-electron chi connectivity index (χ4n) is 4.61. The molecule has 0 spiro atoms. The molecule has 0 saturated carbocycles. The minimum absolute atomic E-state index is 0.391. The molecule has 1 saturated heterocycles. The third-order valence-electron chi connectivity index (χ3n) is 6.59. The molecule has 5 rings (SSSR count). The van der Waals surface area contributed by atoms with E-state index in [2.05, 4.69) is 40.1 Å². The van der Waals surface area contributed by atoms with Gasteiger partial charge in [-0.05, 0) is 68.9 Å². The summed E-state index contributed by atoms with van der Waals surface area (Å²) in [7, 11) is 2.09. The monoisotopic (exact) mass is 441 g/mol. The van der Waals surface area contributed by atoms with Crippen molar-refractivity contribution in [2.45, 2.75) is 26.3 Å². The Morgan fingerprint density at radius 2 is 1.88 bits per heavy atom. The lowest BCUT2D eigenvalue weighted by atomic mass is 9.80. The lowest BCUT2D eigenvalue weighted by Crippen LogP contribution is -2.39. The molecule has 2 N–H and O–H groups in total. The molecule has 4 aromatic rings. The minimum atomic E-state index is -0.471. The molecule has 2 aromatic heterocycles. The van der Waals surface area contributed by atoms with Crippen molar-refractivity contribution in [2.75, 3.05) is 32.5 Å². The number of fused-ring (bicyclic) bond motifs is 2. The van der Waals surface area contributed by atoms with E-state index >= 15 is 0 Å². The number of nitriles is 1. The van der Waals surface area contributed by atoms with Gasteiger partial charge in [0.15, 0.2) is 5.65 Å². The van der Waals surface area contributed by atoms with Crippen LogP contribution in [0.2, 0.25) is 0 Å². The number of nitrogen functional groups attached to an aromatic ring is 1. The van der Waals surface area contributed by atoms with Crippen LogP contribution in [0.4, 0.5) is 5.82 Å². The molecular weight excluding hydrogens is 414 g/mol. The molecule has 0 amide bonds. The van der Waals surface area contributed by atoms with Crippen molar-refractivity contribution < 1.29 is 4.74 Å². The van der Waals surface area contributed by atoms with E-state index < -0.39 is 5.41 Å². The molecular formula is C25H27N7O. The van der Waals surface area contributed by atoms with Crippen LogP contribution in [0.3, 0.4) is 0 Å². The fourth-order valence-corrected chi connectivity index (χ4v) is 4.61. The quantitative estimate of drug-likeness (QED) is 0.501. The first kappa shape index (κ1) is 21.2. The van der Waals surface area contributed by atoms with Crippen LogP contribution in [0.5, 0.6) is 5.75 Å². The SMILES string of the molecule is CCOc1ccc2cc(-c3nn(CC4(C#N)CCN(C)CC4)c4ncnc(N)c34)ccc2c1. The van der Waals surface area contributed by atoms with Crippen LogP contribution < -0.4 is 10.5 Å². The second kappa shape index (κ2) is 8.34. The summed E-state index contributed by atoms with van der Waals surface area (Å²) >= 11 is 0. The molecule has 0 bridgehead atoms. The van der Waals surface area contributed by atoms with Crippen molar-refractivity contribution in [3.63, 3.8) is 0 Å². The zero-order valence-electron chi connectivity index (χ0n) is 19.0. The Hall–Kier alpha value is -3.70. The van der Waals surface area contributed by atoms with Crippen LogP contribution in [-0.2, 0) is 6.54 Å². The molecule has 3 heterocycles. The Bertz CT molecular complexity index is 1360. The maximum Gasteiger partial charge on any atom is 0.164 e. The van der Waals surface area contributed by atoms with Crippen molar-refractivity contribution in [2.24, 2.45) is 5.41 Å². The highest BCUT2D eigenvalue weighted by Gasteiger charge is 2.35. The van der Waals surface area contributed by atoms with E-state index in [-0.39, 0.29) is 0 Å². The summed E-state index contributed by atoms with van der Waals surface area (Å²) in [4.78, 5) is 11.0. The second-order valence-electron chi connectivity index (χ2n) is 8.82. The Balaban J connectivity index is 1.59. The smallest absolute Gasteiger partial charge is 0.164 e. The normalized spacial score (nSPS) is 16.2. The third-order valence-corrected chi connectivity index (χ3v) is 6.59. The van der Waals surface area contributed by atoms with E-state index in [4.69, 9.17) is 15.6 Å². The van der Waals surface area contributed by atoms with Gasteiger partial charge in [-0.2, -0.15) is 10.4 Å². The second-order valence-corrected chi connectivity index (χ2v) is 8.82. The molecule has 0 unspecified atom stereocenters. The number of piperidine rings is 1. The van der Waals surface area contributed by atoms with Crippen LogP contribution in [0.25, 0.3) is 33.1 Å². The third kappa shape index (κ3) is 3.85. The van der Waals surface area contributed by atoms with Gasteiger partial charge in [0.05, 0.1) is 30.0 Å². The van der Waals surface area contributed by atoms with Gasteiger partial charge in [0.1, 0.15) is 23.6 Å². The van der Waals surface area contributed by atoms with E-state index in [0.717, 1.165) is 59.1 Å². The number of nitrogens with two attached hydrogens (primary N) is 1. The van der Waals surface area contributed by atoms with E-state index in [1.165, 1.54) is 6.33 Å². The Kier molecular flexibility index (Phi) is 5.35. The summed E-state index contributed by atoms with van der Waals surface area (Å²) in [5.74, 6) is 1.24. The van der Waals surface area contributed by atoms with Crippen LogP contribution in [0, 0.1) is 16.7 Å². The minimum Gasteiger partial charge on any atom is -0.494 e. The number of benzene rings is 2. The largest absolute Gasteiger partial charge is 0.494 e. The van der Waals surface area contributed by atoms with E-state index in [9.17, 15) is 5.26 Å². The number of hydrogen-bond acceptors (Lipinski definition) is 7. The molecule has 168 valence electrons. The number of aromatic nitrogens is 4. The van der Waals surface area contributed by atoms with Gasteiger partial charge in [0.25, 0.3) is 0 Å². The number of hydrogen-bond donors (Lipinski definition) is 1. The molecule has 1 aliphatic heterocycles. The number of ether oxygens (including phenoxy) is 1. The molecule has 33 heavy (non-hydrogen) atoms. The van der Waals surface area contributed by atoms with Gasteiger partial charge in [-0.1, -0.05) is 18.2 Å². The summed E-state index contributed by atoms with van der Waals surface area (Å²) in [6.45, 7) is 4.88. The first-order valence-electron chi connectivity index (χ1n) is 11.3. The van der Waals surface area contributed by atoms with Gasteiger partial charge < -0.3 is 15.4 Å². The van der Waals surface area contributed by atoms with Crippen molar-refractivity contribution in [3.8, 4) is 23.1 Å². The first-order valence-corrected chi connectivity index (χ1v) is 11.3. The van der Waals surface area contributed by atoms with Crippen LogP contribution in [0.1, 0.15) is 19.8 Å². The zero-order chi connectivity index (χ0) is 23.0. The summed E-state index contributed by atoms with van der Waals surface area (Å²) in [5, 5.41) is 17.9. The van der Waals surface area contributed by atoms with Gasteiger partial charge in [-0.3, -0.25) is 0 Å². The van der Waals surface area contributed by atoms with Gasteiger partial charge in [-0.25, -0.2) is 14.6 Å². The number of rotatable bonds is 5. The lowest BCUT2D eigenvalue weighted by Gasteiger charge is -2.35.